The first-order chi connectivity index (χ1) is 30.7. The van der Waals surface area contributed by atoms with Crippen molar-refractivity contribution in [2.45, 2.75) is 139 Å². The van der Waals surface area contributed by atoms with Gasteiger partial charge in [0.15, 0.2) is 0 Å². The molecule has 0 radical (unpaired) electrons. The van der Waals surface area contributed by atoms with Gasteiger partial charge in [0.05, 0.1) is 0 Å². The van der Waals surface area contributed by atoms with E-state index in [0.29, 0.717) is 0 Å². The molecule has 0 unspecified atom stereocenters. The fraction of sp³-hybridized carbons (Fsp3) is 0.323. The van der Waals surface area contributed by atoms with Crippen molar-refractivity contribution in [1.82, 2.24) is 0 Å². The van der Waals surface area contributed by atoms with Crippen LogP contribution in [-0.2, 0) is 21.7 Å². The molecule has 338 valence electrons. The summed E-state index contributed by atoms with van der Waals surface area (Å²) >= 11 is 0. The van der Waals surface area contributed by atoms with Crippen LogP contribution in [0.3, 0.4) is 0 Å². The molecule has 0 saturated carbocycles. The maximum atomic E-state index is 3.36. The smallest absolute Gasteiger partial charge is 0.000139 e. The molecule has 0 spiro atoms. The van der Waals surface area contributed by atoms with Crippen LogP contribution in [0.1, 0.15) is 140 Å². The van der Waals surface area contributed by atoms with Gasteiger partial charge in [0.1, 0.15) is 0 Å². The van der Waals surface area contributed by atoms with Crippen molar-refractivity contribution in [3.8, 4) is 44.5 Å². The molecule has 0 amide bonds. The number of rotatable bonds is 4. The summed E-state index contributed by atoms with van der Waals surface area (Å²) in [4.78, 5) is 0. The van der Waals surface area contributed by atoms with Gasteiger partial charge in [0.2, 0.25) is 0 Å². The van der Waals surface area contributed by atoms with Gasteiger partial charge in [-0.2, -0.15) is 0 Å². The van der Waals surface area contributed by atoms with Crippen LogP contribution in [0.4, 0.5) is 0 Å². The Morgan fingerprint density at radius 1 is 0.308 bits per heavy atom. The van der Waals surface area contributed by atoms with Gasteiger partial charge < -0.3 is 0 Å². The van der Waals surface area contributed by atoms with Crippen molar-refractivity contribution >= 4 is 32.3 Å². The molecule has 8 aromatic carbocycles. The molecule has 8 rings (SSSR count). The van der Waals surface area contributed by atoms with Crippen molar-refractivity contribution in [2.24, 2.45) is 0 Å². The third kappa shape index (κ3) is 10.5. The molecule has 0 N–H and O–H groups in total. The van der Waals surface area contributed by atoms with Gasteiger partial charge in [0.25, 0.3) is 0 Å². The maximum Gasteiger partial charge on any atom is -0.000139 e. The first-order valence-corrected chi connectivity index (χ1v) is 24.2. The van der Waals surface area contributed by atoms with E-state index < -0.39 is 0 Å². The van der Waals surface area contributed by atoms with E-state index in [1.165, 1.54) is 99.1 Å². The predicted molar refractivity (Wildman–Crippen MR) is 294 cm³/mol. The van der Waals surface area contributed by atoms with Gasteiger partial charge in [0, 0.05) is 0 Å². The van der Waals surface area contributed by atoms with Gasteiger partial charge in [-0.05, 0) is 140 Å². The zero-order valence-corrected chi connectivity index (χ0v) is 43.1. The topological polar surface area (TPSA) is 0 Å². The van der Waals surface area contributed by atoms with Gasteiger partial charge in [-0.15, -0.1) is 6.58 Å². The average Bonchev–Trinajstić information content (AvgIpc) is 3.28. The summed E-state index contributed by atoms with van der Waals surface area (Å²) < 4.78 is 0. The number of fused-ring (bicyclic) bond motifs is 3. The van der Waals surface area contributed by atoms with E-state index in [1.807, 2.05) is 34.6 Å². The van der Waals surface area contributed by atoms with E-state index in [2.05, 4.69) is 235 Å². The Kier molecular flexibility index (Phi) is 15.6. The van der Waals surface area contributed by atoms with Crippen LogP contribution in [0.2, 0.25) is 0 Å². The molecule has 0 aliphatic heterocycles. The van der Waals surface area contributed by atoms with Crippen LogP contribution in [0.25, 0.3) is 76.8 Å². The van der Waals surface area contributed by atoms with E-state index in [4.69, 9.17) is 0 Å². The van der Waals surface area contributed by atoms with Crippen LogP contribution in [0, 0.1) is 0 Å². The lowest BCUT2D eigenvalue weighted by Crippen LogP contribution is -2.11. The Labute approximate surface area is 394 Å². The van der Waals surface area contributed by atoms with E-state index in [9.17, 15) is 0 Å². The number of allylic oxidation sites excluding steroid dienone is 1. The van der Waals surface area contributed by atoms with Crippen LogP contribution in [-0.4, -0.2) is 0 Å². The highest BCUT2D eigenvalue weighted by molar-refractivity contribution is 6.34. The van der Waals surface area contributed by atoms with Crippen LogP contribution < -0.4 is 0 Å². The minimum Gasteiger partial charge on any atom is -0.103 e. The van der Waals surface area contributed by atoms with Crippen LogP contribution in [0.5, 0.6) is 0 Å². The molecular weight excluding hydrogens is 781 g/mol. The quantitative estimate of drug-likeness (QED) is 0.122. The Balaban J connectivity index is 0.00000108. The third-order valence-electron chi connectivity index (χ3n) is 12.3. The molecule has 0 fully saturated rings. The molecule has 0 aliphatic rings. The second-order valence-corrected chi connectivity index (χ2v) is 21.1. The Morgan fingerprint density at radius 3 is 0.800 bits per heavy atom. The SMILES string of the molecule is C=CC.CC.CC.CC(C)(C)c1ccc(-c2c3ccc(C(C)(C)C)cc3c(-c3ccccc3)c3c(-c4ccc(C(C)(C)C)cc4)c4ccc(C(C)(C)C)cc4c(-c4ccccc4)c23)cc1. The summed E-state index contributed by atoms with van der Waals surface area (Å²) in [5, 5.41) is 7.74. The highest BCUT2D eigenvalue weighted by Gasteiger charge is 2.28. The van der Waals surface area contributed by atoms with Crippen molar-refractivity contribution in [3.05, 3.63) is 181 Å². The molecule has 0 atom stereocenters. The molecular formula is C65H78. The Hall–Kier alpha value is -5.72. The lowest BCUT2D eigenvalue weighted by molar-refractivity contribution is 0.590. The second-order valence-electron chi connectivity index (χ2n) is 21.1. The fourth-order valence-corrected chi connectivity index (χ4v) is 8.84. The summed E-state index contributed by atoms with van der Waals surface area (Å²) in [5.41, 5.74) is 15.5. The van der Waals surface area contributed by atoms with Gasteiger partial charge in [-0.25, -0.2) is 0 Å². The monoisotopic (exact) mass is 859 g/mol. The zero-order chi connectivity index (χ0) is 48.1. The summed E-state index contributed by atoms with van der Waals surface area (Å²) in [6.45, 7) is 41.1. The van der Waals surface area contributed by atoms with Crippen molar-refractivity contribution in [1.29, 1.82) is 0 Å². The number of hydrogen-bond acceptors (Lipinski definition) is 0. The van der Waals surface area contributed by atoms with Gasteiger partial charge >= 0.3 is 0 Å². The molecule has 0 heteroatoms. The summed E-state index contributed by atoms with van der Waals surface area (Å²) in [6, 6.07) is 55.9. The van der Waals surface area contributed by atoms with E-state index in [0.717, 1.165) is 0 Å². The highest BCUT2D eigenvalue weighted by Crippen LogP contribution is 2.54. The minimum absolute atomic E-state index is 0.0286. The summed E-state index contributed by atoms with van der Waals surface area (Å²) in [7, 11) is 0. The lowest BCUT2D eigenvalue weighted by Gasteiger charge is -2.28. The average molecular weight is 859 g/mol. The normalized spacial score (nSPS) is 11.8. The maximum absolute atomic E-state index is 3.36. The van der Waals surface area contributed by atoms with Gasteiger partial charge in [-0.1, -0.05) is 250 Å². The van der Waals surface area contributed by atoms with Crippen LogP contribution in [0.15, 0.2) is 158 Å². The molecule has 0 heterocycles. The predicted octanol–water partition coefficient (Wildman–Crippen LogP) is 20.2. The molecule has 0 aliphatic carbocycles. The second kappa shape index (κ2) is 20.2. The summed E-state index contributed by atoms with van der Waals surface area (Å²) in [6.07, 6.45) is 1.75. The van der Waals surface area contributed by atoms with Crippen LogP contribution >= 0.6 is 0 Å². The van der Waals surface area contributed by atoms with Crippen molar-refractivity contribution in [3.63, 3.8) is 0 Å². The van der Waals surface area contributed by atoms with Crippen molar-refractivity contribution < 1.29 is 0 Å². The molecule has 0 saturated heterocycles. The van der Waals surface area contributed by atoms with E-state index in [-0.39, 0.29) is 21.7 Å². The zero-order valence-electron chi connectivity index (χ0n) is 43.1. The number of benzene rings is 8. The van der Waals surface area contributed by atoms with E-state index >= 15 is 0 Å². The highest BCUT2D eigenvalue weighted by atomic mass is 14.3. The first-order valence-electron chi connectivity index (χ1n) is 24.2. The third-order valence-corrected chi connectivity index (χ3v) is 12.3. The van der Waals surface area contributed by atoms with Crippen molar-refractivity contribution in [2.75, 3.05) is 0 Å². The minimum atomic E-state index is -0.0286. The first kappa shape index (κ1) is 50.3. The largest absolute Gasteiger partial charge is 0.103 e. The lowest BCUT2D eigenvalue weighted by atomic mass is 9.75. The Morgan fingerprint density at radius 2 is 0.538 bits per heavy atom. The molecule has 0 bridgehead atoms. The Bertz CT molecular complexity index is 2640. The standard InChI is InChI=1S/C58H60.C3H6.2C2H6/c1-55(2,3)41-27-23-39(24-28-41)49-45-33-31-43(57(7,8)9)35-47(45)52(38-21-17-14-18-22-38)54-50(40-25-29-42(30-26-40)56(4,5)6)46-34-32-44(58(10,11)12)36-48(46)51(53(49)54)37-19-15-13-16-20-37;1-3-2;2*1-2/h13-36H,1-12H3;3H,1H2,2H3;2*1-2H3. The molecule has 0 aromatic heterocycles. The molecule has 8 aromatic rings. The molecule has 65 heavy (non-hydrogen) atoms. The fourth-order valence-electron chi connectivity index (χ4n) is 8.84. The van der Waals surface area contributed by atoms with E-state index in [1.54, 1.807) is 6.08 Å². The number of hydrogen-bond donors (Lipinski definition) is 0. The van der Waals surface area contributed by atoms with Gasteiger partial charge in [-0.3, -0.25) is 0 Å². The summed E-state index contributed by atoms with van der Waals surface area (Å²) in [5.74, 6) is 0. The molecule has 0 nitrogen and oxygen atoms in total.